The molecule has 35 heavy (non-hydrogen) atoms. The van der Waals surface area contributed by atoms with Crippen molar-refractivity contribution < 1.29 is 27.4 Å². The lowest BCUT2D eigenvalue weighted by Crippen LogP contribution is -2.38. The number of carbonyl (C=O) groups excluding carboxylic acids is 1. The van der Waals surface area contributed by atoms with Crippen LogP contribution >= 0.6 is 0 Å². The molecule has 11 heteroatoms. The van der Waals surface area contributed by atoms with E-state index in [0.29, 0.717) is 44.7 Å². The van der Waals surface area contributed by atoms with Crippen molar-refractivity contribution in [2.24, 2.45) is 0 Å². The fraction of sp³-hybridized carbons (Fsp3) is 0.417. The van der Waals surface area contributed by atoms with Gasteiger partial charge in [-0.15, -0.1) is 13.2 Å². The van der Waals surface area contributed by atoms with Crippen LogP contribution in [0.5, 0.6) is 5.75 Å². The molecule has 2 aromatic heterocycles. The van der Waals surface area contributed by atoms with E-state index in [1.807, 2.05) is 12.3 Å². The standard InChI is InChI=1S/C24H24F3N5O3/c25-24(26,27)35-19-3-1-17(2-4-19)23(33)32-7-5-16(6-8-32)21-22-20(29-15-30-21)13-18(14-28-22)31-9-11-34-12-10-31/h1-4,13-16H,5-12H2. The van der Waals surface area contributed by atoms with E-state index < -0.39 is 6.36 Å². The Morgan fingerprint density at radius 3 is 2.40 bits per heavy atom. The lowest BCUT2D eigenvalue weighted by atomic mass is 9.92. The number of alkyl halides is 3. The zero-order valence-corrected chi connectivity index (χ0v) is 18.9. The van der Waals surface area contributed by atoms with Gasteiger partial charge in [0.15, 0.2) is 0 Å². The van der Waals surface area contributed by atoms with Gasteiger partial charge in [0.25, 0.3) is 5.91 Å². The van der Waals surface area contributed by atoms with Crippen LogP contribution in [-0.4, -0.2) is 71.5 Å². The minimum Gasteiger partial charge on any atom is -0.406 e. The number of halogens is 3. The molecule has 0 aliphatic carbocycles. The summed E-state index contributed by atoms with van der Waals surface area (Å²) in [6.07, 6.45) is 0.0629. The number of piperidine rings is 1. The number of likely N-dealkylation sites (tertiary alicyclic amines) is 1. The molecule has 1 aromatic carbocycles. The minimum absolute atomic E-state index is 0.133. The van der Waals surface area contributed by atoms with Crippen LogP contribution in [0.4, 0.5) is 18.9 Å². The Bertz CT molecular complexity index is 1190. The highest BCUT2D eigenvalue weighted by Gasteiger charge is 2.31. The van der Waals surface area contributed by atoms with E-state index in [1.54, 1.807) is 11.2 Å². The van der Waals surface area contributed by atoms with Crippen molar-refractivity contribution in [3.8, 4) is 5.75 Å². The van der Waals surface area contributed by atoms with Gasteiger partial charge in [0.1, 0.15) is 17.6 Å². The van der Waals surface area contributed by atoms with E-state index in [0.717, 1.165) is 47.6 Å². The first-order valence-electron chi connectivity index (χ1n) is 11.5. The lowest BCUT2D eigenvalue weighted by Gasteiger charge is -2.32. The largest absolute Gasteiger partial charge is 0.573 e. The highest BCUT2D eigenvalue weighted by atomic mass is 19.4. The van der Waals surface area contributed by atoms with Crippen LogP contribution in [-0.2, 0) is 4.74 Å². The predicted molar refractivity (Wildman–Crippen MR) is 121 cm³/mol. The van der Waals surface area contributed by atoms with Crippen molar-refractivity contribution in [1.82, 2.24) is 19.9 Å². The fourth-order valence-electron chi connectivity index (χ4n) is 4.58. The number of amides is 1. The number of fused-ring (bicyclic) bond motifs is 1. The van der Waals surface area contributed by atoms with Gasteiger partial charge in [-0.05, 0) is 43.2 Å². The van der Waals surface area contributed by atoms with E-state index in [1.165, 1.54) is 12.1 Å². The number of ether oxygens (including phenoxy) is 2. The molecule has 0 spiro atoms. The minimum atomic E-state index is -4.77. The van der Waals surface area contributed by atoms with Gasteiger partial charge < -0.3 is 19.3 Å². The number of benzene rings is 1. The van der Waals surface area contributed by atoms with E-state index >= 15 is 0 Å². The zero-order chi connectivity index (χ0) is 24.4. The number of nitrogens with zero attached hydrogens (tertiary/aromatic N) is 5. The van der Waals surface area contributed by atoms with Crippen molar-refractivity contribution >= 4 is 22.6 Å². The summed E-state index contributed by atoms with van der Waals surface area (Å²) in [6.45, 7) is 4.04. The van der Waals surface area contributed by atoms with E-state index in [-0.39, 0.29) is 17.6 Å². The number of morpholine rings is 1. The normalized spacial score (nSPS) is 17.6. The molecule has 3 aromatic rings. The van der Waals surface area contributed by atoms with Gasteiger partial charge in [-0.3, -0.25) is 9.78 Å². The number of aromatic nitrogens is 3. The summed E-state index contributed by atoms with van der Waals surface area (Å²) in [7, 11) is 0. The van der Waals surface area contributed by atoms with Crippen molar-refractivity contribution in [3.63, 3.8) is 0 Å². The molecule has 0 saturated carbocycles. The maximum Gasteiger partial charge on any atom is 0.573 e. The Labute approximate surface area is 199 Å². The first-order valence-corrected chi connectivity index (χ1v) is 11.5. The molecule has 2 fully saturated rings. The Morgan fingerprint density at radius 1 is 1.00 bits per heavy atom. The molecular weight excluding hydrogens is 463 g/mol. The third-order valence-corrected chi connectivity index (χ3v) is 6.37. The maximum atomic E-state index is 12.9. The molecule has 0 unspecified atom stereocenters. The molecule has 184 valence electrons. The zero-order valence-electron chi connectivity index (χ0n) is 18.9. The summed E-state index contributed by atoms with van der Waals surface area (Å²) < 4.78 is 46.4. The number of rotatable bonds is 4. The Kier molecular flexibility index (Phi) is 6.42. The molecule has 0 atom stereocenters. The molecule has 2 aliphatic heterocycles. The summed E-state index contributed by atoms with van der Waals surface area (Å²) in [5, 5.41) is 0. The SMILES string of the molecule is O=C(c1ccc(OC(F)(F)F)cc1)N1CCC(c2ncnc3cc(N4CCOCC4)cnc23)CC1. The first-order chi connectivity index (χ1) is 16.9. The molecule has 2 saturated heterocycles. The summed E-state index contributed by atoms with van der Waals surface area (Å²) in [5.74, 6) is -0.440. The highest BCUT2D eigenvalue weighted by molar-refractivity contribution is 5.94. The smallest absolute Gasteiger partial charge is 0.406 e. The van der Waals surface area contributed by atoms with Crippen molar-refractivity contribution in [1.29, 1.82) is 0 Å². The Balaban J connectivity index is 1.25. The van der Waals surface area contributed by atoms with E-state index in [2.05, 4.69) is 24.6 Å². The lowest BCUT2D eigenvalue weighted by molar-refractivity contribution is -0.274. The van der Waals surface area contributed by atoms with Gasteiger partial charge in [-0.1, -0.05) is 0 Å². The van der Waals surface area contributed by atoms with Crippen LogP contribution < -0.4 is 9.64 Å². The van der Waals surface area contributed by atoms with Gasteiger partial charge in [0.05, 0.1) is 36.3 Å². The van der Waals surface area contributed by atoms with Gasteiger partial charge in [0, 0.05) is 37.7 Å². The third-order valence-electron chi connectivity index (χ3n) is 6.37. The fourth-order valence-corrected chi connectivity index (χ4v) is 4.58. The van der Waals surface area contributed by atoms with Crippen LogP contribution in [0.25, 0.3) is 11.0 Å². The van der Waals surface area contributed by atoms with Crippen LogP contribution in [0.2, 0.25) is 0 Å². The average molecular weight is 487 g/mol. The monoisotopic (exact) mass is 487 g/mol. The molecule has 0 bridgehead atoms. The van der Waals surface area contributed by atoms with Crippen molar-refractivity contribution in [3.05, 3.63) is 54.1 Å². The molecule has 0 radical (unpaired) electrons. The van der Waals surface area contributed by atoms with Crippen LogP contribution in [0.1, 0.15) is 34.8 Å². The van der Waals surface area contributed by atoms with Crippen LogP contribution in [0.15, 0.2) is 42.9 Å². The molecule has 8 nitrogen and oxygen atoms in total. The molecule has 2 aliphatic rings. The van der Waals surface area contributed by atoms with Crippen molar-refractivity contribution in [2.75, 3.05) is 44.3 Å². The second-order valence-electron chi connectivity index (χ2n) is 8.56. The summed E-state index contributed by atoms with van der Waals surface area (Å²) in [4.78, 5) is 30.4. The number of pyridine rings is 1. The number of anilines is 1. The van der Waals surface area contributed by atoms with Gasteiger partial charge in [-0.25, -0.2) is 9.97 Å². The van der Waals surface area contributed by atoms with Crippen LogP contribution in [0.3, 0.4) is 0 Å². The third kappa shape index (κ3) is 5.29. The van der Waals surface area contributed by atoms with E-state index in [4.69, 9.17) is 4.74 Å². The summed E-state index contributed by atoms with van der Waals surface area (Å²) in [6, 6.07) is 7.03. The first kappa shape index (κ1) is 23.3. The molecule has 1 amide bonds. The topological polar surface area (TPSA) is 80.7 Å². The Hall–Kier alpha value is -3.47. The van der Waals surface area contributed by atoms with E-state index in [9.17, 15) is 18.0 Å². The molecule has 0 N–H and O–H groups in total. The Morgan fingerprint density at radius 2 is 1.71 bits per heavy atom. The summed E-state index contributed by atoms with van der Waals surface area (Å²) in [5.41, 5.74) is 3.78. The molecule has 5 rings (SSSR count). The highest BCUT2D eigenvalue weighted by Crippen LogP contribution is 2.32. The maximum absolute atomic E-state index is 12.9. The second-order valence-corrected chi connectivity index (χ2v) is 8.56. The van der Waals surface area contributed by atoms with Gasteiger partial charge in [0.2, 0.25) is 0 Å². The predicted octanol–water partition coefficient (Wildman–Crippen LogP) is 3.78. The second kappa shape index (κ2) is 9.65. The number of carbonyl (C=O) groups is 1. The molecular formula is C24H24F3N5O3. The quantitative estimate of drug-likeness (QED) is 0.554. The van der Waals surface area contributed by atoms with Crippen molar-refractivity contribution in [2.45, 2.75) is 25.1 Å². The number of hydrogen-bond donors (Lipinski definition) is 0. The number of hydrogen-bond acceptors (Lipinski definition) is 7. The van der Waals surface area contributed by atoms with Crippen LogP contribution in [0, 0.1) is 0 Å². The van der Waals surface area contributed by atoms with Gasteiger partial charge >= 0.3 is 6.36 Å². The average Bonchev–Trinajstić information content (AvgIpc) is 2.88. The van der Waals surface area contributed by atoms with Gasteiger partial charge in [-0.2, -0.15) is 0 Å². The summed E-state index contributed by atoms with van der Waals surface area (Å²) >= 11 is 0. The molecule has 4 heterocycles.